The number of ketones is 1. The van der Waals surface area contributed by atoms with Gasteiger partial charge >= 0.3 is 0 Å². The first kappa shape index (κ1) is 18.7. The quantitative estimate of drug-likeness (QED) is 0.621. The predicted octanol–water partition coefficient (Wildman–Crippen LogP) is 4.74. The molecule has 1 amide bonds. The summed E-state index contributed by atoms with van der Waals surface area (Å²) in [7, 11) is 0. The van der Waals surface area contributed by atoms with Crippen LogP contribution in [0.1, 0.15) is 30.1 Å². The van der Waals surface area contributed by atoms with Crippen molar-refractivity contribution in [3.8, 4) is 17.1 Å². The summed E-state index contributed by atoms with van der Waals surface area (Å²) in [5.74, 6) is 0.975. The van der Waals surface area contributed by atoms with Crippen LogP contribution in [0, 0.1) is 0 Å². The van der Waals surface area contributed by atoms with E-state index in [4.69, 9.17) is 20.8 Å². The molecule has 0 aliphatic heterocycles. The third-order valence-corrected chi connectivity index (χ3v) is 3.98. The second kappa shape index (κ2) is 8.05. The third-order valence-electron chi connectivity index (χ3n) is 3.73. The number of Topliss-reactive ketones (excluding diaryl/α,β-unsaturated/α-hetero) is 1. The average Bonchev–Trinajstić information content (AvgIpc) is 3.10. The van der Waals surface area contributed by atoms with Crippen molar-refractivity contribution in [2.24, 2.45) is 0 Å². The Hall–Kier alpha value is -3.12. The normalized spacial score (nSPS) is 10.5. The molecule has 0 aliphatic carbocycles. The lowest BCUT2D eigenvalue weighted by molar-refractivity contribution is -0.114. The highest BCUT2D eigenvalue weighted by Gasteiger charge is 2.12. The van der Waals surface area contributed by atoms with Crippen LogP contribution in [0.2, 0.25) is 5.02 Å². The first-order valence-corrected chi connectivity index (χ1v) is 8.56. The van der Waals surface area contributed by atoms with Crippen LogP contribution < -0.4 is 10.1 Å². The predicted molar refractivity (Wildman–Crippen MR) is 102 cm³/mol. The number of hydrogen-bond donors (Lipinski definition) is 1. The van der Waals surface area contributed by atoms with Crippen molar-refractivity contribution in [1.29, 1.82) is 0 Å². The summed E-state index contributed by atoms with van der Waals surface area (Å²) in [5, 5.41) is 3.31. The number of amides is 1. The molecule has 0 radical (unpaired) electrons. The molecule has 0 unspecified atom stereocenters. The number of carbonyl (C=O) groups is 2. The average molecular weight is 385 g/mol. The van der Waals surface area contributed by atoms with Gasteiger partial charge in [0.15, 0.2) is 18.2 Å². The van der Waals surface area contributed by atoms with Gasteiger partial charge in [-0.1, -0.05) is 11.6 Å². The molecule has 0 atom stereocenters. The second-order valence-electron chi connectivity index (χ2n) is 5.86. The number of benzene rings is 2. The van der Waals surface area contributed by atoms with Crippen molar-refractivity contribution in [3.05, 3.63) is 65.1 Å². The summed E-state index contributed by atoms with van der Waals surface area (Å²) in [4.78, 5) is 27.2. The van der Waals surface area contributed by atoms with E-state index in [1.165, 1.54) is 13.8 Å². The lowest BCUT2D eigenvalue weighted by atomic mass is 10.1. The number of nitrogens with zero attached hydrogens (tertiary/aromatic N) is 1. The number of halogens is 1. The molecule has 0 saturated heterocycles. The Bertz CT molecular complexity index is 980. The number of aromatic nitrogens is 1. The van der Waals surface area contributed by atoms with Crippen LogP contribution >= 0.6 is 11.6 Å². The number of ether oxygens (including phenoxy) is 1. The van der Waals surface area contributed by atoms with Crippen LogP contribution in [-0.4, -0.2) is 16.7 Å². The highest BCUT2D eigenvalue weighted by molar-refractivity contribution is 6.30. The number of hydrogen-bond acceptors (Lipinski definition) is 5. The molecule has 7 heteroatoms. The van der Waals surface area contributed by atoms with E-state index in [0.29, 0.717) is 33.7 Å². The van der Waals surface area contributed by atoms with Gasteiger partial charge in [0.25, 0.3) is 0 Å². The van der Waals surface area contributed by atoms with Crippen molar-refractivity contribution in [3.63, 3.8) is 0 Å². The molecular formula is C20H17ClN2O4. The molecule has 3 rings (SSSR count). The molecular weight excluding hydrogens is 368 g/mol. The zero-order valence-corrected chi connectivity index (χ0v) is 15.5. The molecule has 0 spiro atoms. The fraction of sp³-hybridized carbons (Fsp3) is 0.150. The van der Waals surface area contributed by atoms with E-state index < -0.39 is 0 Å². The first-order valence-electron chi connectivity index (χ1n) is 8.18. The molecule has 1 aromatic heterocycles. The Morgan fingerprint density at radius 3 is 2.56 bits per heavy atom. The van der Waals surface area contributed by atoms with Gasteiger partial charge in [0.05, 0.1) is 11.9 Å². The first-order chi connectivity index (χ1) is 12.9. The van der Waals surface area contributed by atoms with E-state index in [-0.39, 0.29) is 18.3 Å². The monoisotopic (exact) mass is 384 g/mol. The SMILES string of the molecule is CC(=O)Nc1ccc(C(C)=O)cc1OCc1ncc(-c2ccc(Cl)cc2)o1. The molecule has 6 nitrogen and oxygen atoms in total. The van der Waals surface area contributed by atoms with Crippen molar-refractivity contribution >= 4 is 29.0 Å². The molecule has 27 heavy (non-hydrogen) atoms. The fourth-order valence-corrected chi connectivity index (χ4v) is 2.54. The Morgan fingerprint density at radius 2 is 1.89 bits per heavy atom. The van der Waals surface area contributed by atoms with Crippen LogP contribution in [0.3, 0.4) is 0 Å². The van der Waals surface area contributed by atoms with Gasteiger partial charge in [-0.25, -0.2) is 4.98 Å². The van der Waals surface area contributed by atoms with Gasteiger partial charge in [-0.05, 0) is 49.4 Å². The number of carbonyl (C=O) groups excluding carboxylic acids is 2. The molecule has 3 aromatic rings. The lowest BCUT2D eigenvalue weighted by Gasteiger charge is -2.11. The van der Waals surface area contributed by atoms with Crippen molar-refractivity contribution in [2.45, 2.75) is 20.5 Å². The summed E-state index contributed by atoms with van der Waals surface area (Å²) >= 11 is 5.89. The van der Waals surface area contributed by atoms with Crippen LogP contribution in [0.25, 0.3) is 11.3 Å². The van der Waals surface area contributed by atoms with Gasteiger partial charge in [-0.2, -0.15) is 0 Å². The van der Waals surface area contributed by atoms with Gasteiger partial charge in [-0.3, -0.25) is 9.59 Å². The Labute approximate surface area is 161 Å². The smallest absolute Gasteiger partial charge is 0.232 e. The van der Waals surface area contributed by atoms with Crippen LogP contribution in [0.5, 0.6) is 5.75 Å². The standard InChI is InChI=1S/C20H17ClN2O4/c1-12(24)15-5-8-17(23-13(2)25)18(9-15)26-11-20-22-10-19(27-20)14-3-6-16(21)7-4-14/h3-10H,11H2,1-2H3,(H,23,25). The fourth-order valence-electron chi connectivity index (χ4n) is 2.42. The molecule has 0 fully saturated rings. The van der Waals surface area contributed by atoms with E-state index >= 15 is 0 Å². The molecule has 0 aliphatic rings. The van der Waals surface area contributed by atoms with E-state index in [1.807, 2.05) is 12.1 Å². The maximum Gasteiger partial charge on any atom is 0.232 e. The van der Waals surface area contributed by atoms with E-state index in [1.54, 1.807) is 36.5 Å². The summed E-state index contributed by atoms with van der Waals surface area (Å²) in [6, 6.07) is 12.0. The zero-order chi connectivity index (χ0) is 19.4. The number of anilines is 1. The summed E-state index contributed by atoms with van der Waals surface area (Å²) in [5.41, 5.74) is 1.79. The Balaban J connectivity index is 1.77. The minimum Gasteiger partial charge on any atom is -0.482 e. The van der Waals surface area contributed by atoms with Crippen LogP contribution in [-0.2, 0) is 11.4 Å². The minimum atomic E-state index is -0.239. The van der Waals surface area contributed by atoms with Crippen molar-refractivity contribution < 1.29 is 18.7 Å². The largest absolute Gasteiger partial charge is 0.482 e. The van der Waals surface area contributed by atoms with E-state index in [2.05, 4.69) is 10.3 Å². The van der Waals surface area contributed by atoms with Gasteiger partial charge in [0, 0.05) is 23.1 Å². The van der Waals surface area contributed by atoms with E-state index in [0.717, 1.165) is 5.56 Å². The molecule has 0 saturated carbocycles. The molecule has 2 aromatic carbocycles. The third kappa shape index (κ3) is 4.74. The summed E-state index contributed by atoms with van der Waals surface area (Å²) in [6.07, 6.45) is 1.60. The zero-order valence-electron chi connectivity index (χ0n) is 14.8. The van der Waals surface area contributed by atoms with Gasteiger partial charge in [-0.15, -0.1) is 0 Å². The summed E-state index contributed by atoms with van der Waals surface area (Å²) < 4.78 is 11.4. The minimum absolute atomic E-state index is 0.0432. The maximum absolute atomic E-state index is 11.6. The Morgan fingerprint density at radius 1 is 1.15 bits per heavy atom. The number of nitrogens with one attached hydrogen (secondary N) is 1. The van der Waals surface area contributed by atoms with Crippen LogP contribution in [0.4, 0.5) is 5.69 Å². The van der Waals surface area contributed by atoms with Gasteiger partial charge in [0.2, 0.25) is 11.8 Å². The molecule has 138 valence electrons. The highest BCUT2D eigenvalue weighted by atomic mass is 35.5. The number of oxazole rings is 1. The highest BCUT2D eigenvalue weighted by Crippen LogP contribution is 2.28. The lowest BCUT2D eigenvalue weighted by Crippen LogP contribution is -2.09. The molecule has 0 bridgehead atoms. The van der Waals surface area contributed by atoms with Crippen LogP contribution in [0.15, 0.2) is 53.1 Å². The van der Waals surface area contributed by atoms with Gasteiger partial charge in [0.1, 0.15) is 5.75 Å². The van der Waals surface area contributed by atoms with Crippen molar-refractivity contribution in [2.75, 3.05) is 5.32 Å². The molecule has 1 N–H and O–H groups in total. The second-order valence-corrected chi connectivity index (χ2v) is 6.30. The topological polar surface area (TPSA) is 81.4 Å². The summed E-state index contributed by atoms with van der Waals surface area (Å²) in [6.45, 7) is 2.90. The number of rotatable bonds is 6. The maximum atomic E-state index is 11.6. The molecule has 1 heterocycles. The van der Waals surface area contributed by atoms with Crippen molar-refractivity contribution in [1.82, 2.24) is 4.98 Å². The van der Waals surface area contributed by atoms with Gasteiger partial charge < -0.3 is 14.5 Å². The van der Waals surface area contributed by atoms with E-state index in [9.17, 15) is 9.59 Å². The Kier molecular flexibility index (Phi) is 5.57.